The van der Waals surface area contributed by atoms with Gasteiger partial charge in [0, 0.05) is 55.9 Å². The number of imidazole rings is 1. The van der Waals surface area contributed by atoms with Crippen molar-refractivity contribution < 1.29 is 19.0 Å². The highest BCUT2D eigenvalue weighted by molar-refractivity contribution is 6.05. The number of hydrogen-bond donors (Lipinski definition) is 3. The minimum absolute atomic E-state index is 0.180. The Morgan fingerprint density at radius 3 is 3.02 bits per heavy atom. The van der Waals surface area contributed by atoms with Crippen LogP contribution in [0.2, 0.25) is 0 Å². The van der Waals surface area contributed by atoms with Crippen molar-refractivity contribution >= 4 is 23.5 Å². The third-order valence-corrected chi connectivity index (χ3v) is 6.88. The highest BCUT2D eigenvalue weighted by Gasteiger charge is 2.27. The second-order valence-corrected chi connectivity index (χ2v) is 10.1. The summed E-state index contributed by atoms with van der Waals surface area (Å²) in [5.41, 5.74) is 5.09. The van der Waals surface area contributed by atoms with Gasteiger partial charge in [-0.2, -0.15) is 0 Å². The van der Waals surface area contributed by atoms with Crippen molar-refractivity contribution in [3.63, 3.8) is 0 Å². The summed E-state index contributed by atoms with van der Waals surface area (Å²) >= 11 is 0. The molecule has 0 aliphatic carbocycles. The van der Waals surface area contributed by atoms with Gasteiger partial charge >= 0.3 is 0 Å². The fourth-order valence-electron chi connectivity index (χ4n) is 4.82. The number of hydrogen-bond acceptors (Lipinski definition) is 8. The van der Waals surface area contributed by atoms with E-state index in [9.17, 15) is 14.3 Å². The molecule has 1 atom stereocenters. The van der Waals surface area contributed by atoms with E-state index in [-0.39, 0.29) is 11.7 Å². The molecule has 0 saturated carbocycles. The molecule has 2 aromatic heterocycles. The number of halogens is 1. The maximum absolute atomic E-state index is 13.7. The Hall–Kier alpha value is -4.06. The number of nitrogens with zero attached hydrogens (tertiary/aromatic N) is 5. The van der Waals surface area contributed by atoms with Gasteiger partial charge in [-0.3, -0.25) is 9.20 Å². The normalized spacial score (nSPS) is 18.5. The molecule has 11 heteroatoms. The fraction of sp³-hybridized carbons (Fsp3) is 0.345. The standard InChI is InChI=1S/C29H34FN7O3/c1-19(36-12-13-40-18-21(38)17-36)4-7-26(31-9-11-35(2)3)34-24-6-5-22(23-15-33-29(39)28(23)24)25-16-32-27-14-20(30)8-10-37(25)27/h4-10,14,16,21,34,38H,11-13,15,17-18H2,1-3H3,(H,33,39)/b19-4+,26-7+,31-9+. The molecule has 2 aliphatic rings. The minimum Gasteiger partial charge on any atom is -0.389 e. The lowest BCUT2D eigenvalue weighted by Crippen LogP contribution is -2.31. The Kier molecular flexibility index (Phi) is 8.24. The number of rotatable bonds is 8. The average molecular weight is 548 g/mol. The van der Waals surface area contributed by atoms with Gasteiger partial charge in [-0.25, -0.2) is 14.4 Å². The van der Waals surface area contributed by atoms with Crippen molar-refractivity contribution in [1.29, 1.82) is 0 Å². The number of aliphatic hydroxyl groups is 1. The number of nitrogens with one attached hydrogen (secondary N) is 2. The highest BCUT2D eigenvalue weighted by Crippen LogP contribution is 2.35. The molecule has 1 fully saturated rings. The van der Waals surface area contributed by atoms with Crippen LogP contribution in [0.5, 0.6) is 0 Å². The number of amides is 1. The van der Waals surface area contributed by atoms with E-state index in [1.165, 1.54) is 12.1 Å². The van der Waals surface area contributed by atoms with E-state index in [1.807, 2.05) is 54.6 Å². The third-order valence-electron chi connectivity index (χ3n) is 6.88. The number of fused-ring (bicyclic) bond motifs is 2. The van der Waals surface area contributed by atoms with Crippen molar-refractivity contribution in [2.24, 2.45) is 4.99 Å². The van der Waals surface area contributed by atoms with Crippen LogP contribution in [0.4, 0.5) is 10.1 Å². The van der Waals surface area contributed by atoms with E-state index in [4.69, 9.17) is 4.74 Å². The van der Waals surface area contributed by atoms with Crippen LogP contribution < -0.4 is 10.6 Å². The van der Waals surface area contributed by atoms with Crippen LogP contribution in [0.3, 0.4) is 0 Å². The second-order valence-electron chi connectivity index (χ2n) is 10.1. The maximum Gasteiger partial charge on any atom is 0.254 e. The van der Waals surface area contributed by atoms with Gasteiger partial charge < -0.3 is 30.3 Å². The van der Waals surface area contributed by atoms with Crippen molar-refractivity contribution in [2.45, 2.75) is 19.6 Å². The molecule has 40 heavy (non-hydrogen) atoms. The Bertz CT molecular complexity index is 1490. The molecule has 2 aliphatic heterocycles. The maximum atomic E-state index is 13.7. The molecule has 210 valence electrons. The smallest absolute Gasteiger partial charge is 0.254 e. The van der Waals surface area contributed by atoms with Crippen molar-refractivity contribution in [1.82, 2.24) is 24.5 Å². The summed E-state index contributed by atoms with van der Waals surface area (Å²) in [5, 5.41) is 16.4. The van der Waals surface area contributed by atoms with Crippen molar-refractivity contribution in [3.8, 4) is 11.3 Å². The fourth-order valence-corrected chi connectivity index (χ4v) is 4.82. The molecule has 0 spiro atoms. The molecule has 1 saturated heterocycles. The van der Waals surface area contributed by atoms with Crippen molar-refractivity contribution in [3.05, 3.63) is 77.3 Å². The molecule has 10 nitrogen and oxygen atoms in total. The summed E-state index contributed by atoms with van der Waals surface area (Å²) < 4.78 is 21.0. The summed E-state index contributed by atoms with van der Waals surface area (Å²) in [4.78, 5) is 26.1. The lowest BCUT2D eigenvalue weighted by Gasteiger charge is -2.24. The lowest BCUT2D eigenvalue weighted by molar-refractivity contribution is 0.0574. The number of pyridine rings is 1. The number of aliphatic imine (C=N–C) groups is 1. The molecular formula is C29H34FN7O3. The molecule has 4 heterocycles. The number of carbonyl (C=O) groups excluding carboxylic acids is 1. The summed E-state index contributed by atoms with van der Waals surface area (Å²) in [6.45, 7) is 5.05. The van der Waals surface area contributed by atoms with Gasteiger partial charge in [-0.1, -0.05) is 6.07 Å². The Morgan fingerprint density at radius 2 is 2.20 bits per heavy atom. The van der Waals surface area contributed by atoms with Crippen LogP contribution in [0, 0.1) is 5.82 Å². The van der Waals surface area contributed by atoms with E-state index < -0.39 is 6.10 Å². The number of carbonyl (C=O) groups is 1. The number of ether oxygens (including phenoxy) is 1. The zero-order chi connectivity index (χ0) is 28.2. The summed E-state index contributed by atoms with van der Waals surface area (Å²) in [6.07, 6.45) is 8.40. The van der Waals surface area contributed by atoms with Crippen LogP contribution in [-0.4, -0.2) is 89.5 Å². The van der Waals surface area contributed by atoms with E-state index in [0.29, 0.717) is 62.1 Å². The first-order chi connectivity index (χ1) is 19.3. The number of benzene rings is 1. The molecule has 1 unspecified atom stereocenters. The third kappa shape index (κ3) is 6.06. The number of β-amino-alcohol motifs (C(OH)–C–C–N with tert-alkyl or cyclic N) is 1. The van der Waals surface area contributed by atoms with Gasteiger partial charge in [0.1, 0.15) is 17.3 Å². The van der Waals surface area contributed by atoms with Crippen LogP contribution >= 0.6 is 0 Å². The number of aromatic nitrogens is 2. The molecule has 5 rings (SSSR count). The number of aliphatic hydroxyl groups excluding tert-OH is 1. The van der Waals surface area contributed by atoms with Crippen LogP contribution in [-0.2, 0) is 11.3 Å². The predicted molar refractivity (Wildman–Crippen MR) is 153 cm³/mol. The molecule has 3 aromatic rings. The second kappa shape index (κ2) is 12.0. The van der Waals surface area contributed by atoms with Gasteiger partial charge in [-0.15, -0.1) is 0 Å². The van der Waals surface area contributed by atoms with Crippen LogP contribution in [0.15, 0.2) is 65.3 Å². The summed E-state index contributed by atoms with van der Waals surface area (Å²) in [7, 11) is 3.92. The Balaban J connectivity index is 1.48. The SMILES string of the molecule is C\C(=C/C=C(\N=C\CN(C)C)Nc1ccc(-c2cnc3cc(F)ccn23)c2c1C(=O)NC2)N1CCOCC(O)C1. The van der Waals surface area contributed by atoms with E-state index >= 15 is 0 Å². The quantitative estimate of drug-likeness (QED) is 0.294. The highest BCUT2D eigenvalue weighted by atomic mass is 19.1. The molecular weight excluding hydrogens is 513 g/mol. The molecule has 1 aromatic carbocycles. The summed E-state index contributed by atoms with van der Waals surface area (Å²) in [5.74, 6) is 0.0268. The largest absolute Gasteiger partial charge is 0.389 e. The molecule has 0 radical (unpaired) electrons. The number of anilines is 1. The van der Waals surface area contributed by atoms with E-state index in [2.05, 4.69) is 25.5 Å². The van der Waals surface area contributed by atoms with Crippen molar-refractivity contribution in [2.75, 3.05) is 52.3 Å². The first-order valence-electron chi connectivity index (χ1n) is 13.2. The number of allylic oxidation sites excluding steroid dienone is 3. The average Bonchev–Trinajstić information content (AvgIpc) is 3.44. The Labute approximate surface area is 232 Å². The van der Waals surface area contributed by atoms with Gasteiger partial charge in [0.05, 0.1) is 42.5 Å². The minimum atomic E-state index is -0.544. The van der Waals surface area contributed by atoms with Gasteiger partial charge in [0.15, 0.2) is 0 Å². The van der Waals surface area contributed by atoms with E-state index in [1.54, 1.807) is 18.6 Å². The zero-order valence-electron chi connectivity index (χ0n) is 22.9. The van der Waals surface area contributed by atoms with Gasteiger partial charge in [0.25, 0.3) is 5.91 Å². The first-order valence-corrected chi connectivity index (χ1v) is 13.2. The Morgan fingerprint density at radius 1 is 1.35 bits per heavy atom. The lowest BCUT2D eigenvalue weighted by atomic mass is 9.99. The van der Waals surface area contributed by atoms with Crippen LogP contribution in [0.25, 0.3) is 16.9 Å². The van der Waals surface area contributed by atoms with Crippen LogP contribution in [0.1, 0.15) is 22.8 Å². The summed E-state index contributed by atoms with van der Waals surface area (Å²) in [6, 6.07) is 6.56. The predicted octanol–water partition coefficient (Wildman–Crippen LogP) is 2.87. The zero-order valence-corrected chi connectivity index (χ0v) is 22.9. The molecule has 3 N–H and O–H groups in total. The van der Waals surface area contributed by atoms with E-state index in [0.717, 1.165) is 22.5 Å². The first kappa shape index (κ1) is 27.5. The topological polar surface area (TPSA) is 107 Å². The van der Waals surface area contributed by atoms with Gasteiger partial charge in [0.2, 0.25) is 0 Å². The molecule has 0 bridgehead atoms. The monoisotopic (exact) mass is 547 g/mol. The van der Waals surface area contributed by atoms with Gasteiger partial charge in [-0.05, 0) is 50.9 Å². The molecule has 1 amide bonds.